The van der Waals surface area contributed by atoms with E-state index in [-0.39, 0.29) is 11.6 Å². The van der Waals surface area contributed by atoms with E-state index in [0.717, 1.165) is 5.56 Å². The molecule has 1 aromatic heterocycles. The Balaban J connectivity index is 1.91. The number of carboxylic acids is 1. The minimum absolute atomic E-state index is 0.251. The van der Waals surface area contributed by atoms with E-state index < -0.39 is 17.7 Å². The van der Waals surface area contributed by atoms with E-state index in [1.54, 1.807) is 42.5 Å². The topological polar surface area (TPSA) is 88.5 Å². The van der Waals surface area contributed by atoms with E-state index in [9.17, 15) is 14.7 Å². The predicted molar refractivity (Wildman–Crippen MR) is 143 cm³/mol. The number of nitrogens with one attached hydrogen (secondary N) is 1. The minimum atomic E-state index is -1.21. The van der Waals surface area contributed by atoms with Crippen molar-refractivity contribution in [3.05, 3.63) is 94.6 Å². The van der Waals surface area contributed by atoms with Crippen LogP contribution in [0.15, 0.2) is 72.8 Å². The molecular formula is C29H27ClN2O4. The molecule has 0 radical (unpaired) electrons. The largest absolute Gasteiger partial charge is 0.479 e. The molecular weight excluding hydrogens is 476 g/mol. The molecule has 7 heteroatoms. The molecule has 2 N–H and O–H groups in total. The summed E-state index contributed by atoms with van der Waals surface area (Å²) in [5, 5.41) is 14.3. The van der Waals surface area contributed by atoms with Crippen LogP contribution in [0.4, 0.5) is 5.69 Å². The van der Waals surface area contributed by atoms with Crippen molar-refractivity contribution in [2.45, 2.75) is 39.4 Å². The van der Waals surface area contributed by atoms with E-state index in [4.69, 9.17) is 16.3 Å². The summed E-state index contributed by atoms with van der Waals surface area (Å²) in [6.07, 6.45) is -1.21. The van der Waals surface area contributed by atoms with Crippen LogP contribution in [0, 0.1) is 6.92 Å². The number of halogens is 1. The van der Waals surface area contributed by atoms with Gasteiger partial charge in [-0.25, -0.2) is 9.78 Å². The number of fused-ring (bicyclic) bond motifs is 1. The second-order valence-electron chi connectivity index (χ2n) is 9.52. The van der Waals surface area contributed by atoms with Gasteiger partial charge in [-0.2, -0.15) is 0 Å². The van der Waals surface area contributed by atoms with E-state index in [1.807, 2.05) is 58.0 Å². The van der Waals surface area contributed by atoms with E-state index in [0.29, 0.717) is 38.3 Å². The number of para-hydroxylation sites is 1. The summed E-state index contributed by atoms with van der Waals surface area (Å²) in [4.78, 5) is 29.9. The molecule has 0 spiro atoms. The lowest BCUT2D eigenvalue weighted by atomic mass is 9.88. The van der Waals surface area contributed by atoms with Gasteiger partial charge in [0.05, 0.1) is 11.1 Å². The molecule has 0 saturated heterocycles. The van der Waals surface area contributed by atoms with E-state index in [2.05, 4.69) is 10.3 Å². The molecule has 6 nitrogen and oxygen atoms in total. The predicted octanol–water partition coefficient (Wildman–Crippen LogP) is 7.06. The standard InChI is InChI=1S/C29H27ClN2O4/c1-17-16-23-21(14-15-22(32-23)27(33)31-20-8-6-5-7-9-20)25(18-10-12-19(30)13-11-18)24(17)26(28(34)35)36-29(2,3)4/h5-16,26H,1-4H3,(H,31,33)(H,34,35). The molecule has 1 heterocycles. The highest BCUT2D eigenvalue weighted by Gasteiger charge is 2.31. The number of rotatable bonds is 6. The third-order valence-corrected chi connectivity index (χ3v) is 5.85. The Morgan fingerprint density at radius 3 is 2.28 bits per heavy atom. The molecule has 0 saturated carbocycles. The summed E-state index contributed by atoms with van der Waals surface area (Å²) >= 11 is 6.14. The number of hydrogen-bond acceptors (Lipinski definition) is 4. The molecule has 0 aliphatic carbocycles. The van der Waals surface area contributed by atoms with Crippen molar-refractivity contribution in [1.82, 2.24) is 4.98 Å². The number of pyridine rings is 1. The Morgan fingerprint density at radius 1 is 1.00 bits per heavy atom. The number of benzene rings is 3. The number of nitrogens with zero attached hydrogens (tertiary/aromatic N) is 1. The first-order valence-corrected chi connectivity index (χ1v) is 11.9. The van der Waals surface area contributed by atoms with Crippen LogP contribution < -0.4 is 5.32 Å². The van der Waals surface area contributed by atoms with Crippen molar-refractivity contribution in [2.24, 2.45) is 0 Å². The van der Waals surface area contributed by atoms with Crippen LogP contribution in [0.2, 0.25) is 5.02 Å². The van der Waals surface area contributed by atoms with Gasteiger partial charge in [-0.1, -0.05) is 41.9 Å². The van der Waals surface area contributed by atoms with Gasteiger partial charge < -0.3 is 15.2 Å². The number of aryl methyl sites for hydroxylation is 1. The van der Waals surface area contributed by atoms with Crippen LogP contribution in [0.3, 0.4) is 0 Å². The lowest BCUT2D eigenvalue weighted by Crippen LogP contribution is -2.28. The number of carbonyl (C=O) groups is 2. The van der Waals surface area contributed by atoms with Crippen molar-refractivity contribution >= 4 is 40.1 Å². The number of anilines is 1. The summed E-state index contributed by atoms with van der Waals surface area (Å²) in [6.45, 7) is 7.29. The molecule has 4 rings (SSSR count). The van der Waals surface area contributed by atoms with Crippen LogP contribution >= 0.6 is 11.6 Å². The van der Waals surface area contributed by atoms with Crippen molar-refractivity contribution in [3.63, 3.8) is 0 Å². The lowest BCUT2D eigenvalue weighted by molar-refractivity contribution is -0.160. The third kappa shape index (κ3) is 5.56. The molecule has 4 aromatic rings. The number of aromatic nitrogens is 1. The fraction of sp³-hybridized carbons (Fsp3) is 0.207. The van der Waals surface area contributed by atoms with Crippen LogP contribution in [-0.4, -0.2) is 27.6 Å². The van der Waals surface area contributed by atoms with Gasteiger partial charge in [0, 0.05) is 21.7 Å². The maximum absolute atomic E-state index is 12.9. The number of carbonyl (C=O) groups excluding carboxylic acids is 1. The summed E-state index contributed by atoms with van der Waals surface area (Å²) in [7, 11) is 0. The summed E-state index contributed by atoms with van der Waals surface area (Å²) < 4.78 is 6.02. The van der Waals surface area contributed by atoms with Crippen LogP contribution in [0.1, 0.15) is 48.5 Å². The average molecular weight is 503 g/mol. The van der Waals surface area contributed by atoms with Gasteiger partial charge in [0.15, 0.2) is 6.10 Å². The van der Waals surface area contributed by atoms with Crippen LogP contribution in [0.25, 0.3) is 22.0 Å². The highest BCUT2D eigenvalue weighted by molar-refractivity contribution is 6.30. The molecule has 1 amide bonds. The maximum Gasteiger partial charge on any atom is 0.337 e. The second kappa shape index (κ2) is 10.1. The molecule has 1 atom stereocenters. The Labute approximate surface area is 214 Å². The van der Waals surface area contributed by atoms with Crippen molar-refractivity contribution < 1.29 is 19.4 Å². The van der Waals surface area contributed by atoms with Crippen LogP contribution in [0.5, 0.6) is 0 Å². The Kier molecular flexibility index (Phi) is 7.11. The maximum atomic E-state index is 12.9. The fourth-order valence-corrected chi connectivity index (χ4v) is 4.24. The summed E-state index contributed by atoms with van der Waals surface area (Å²) in [6, 6.07) is 21.6. The smallest absolute Gasteiger partial charge is 0.337 e. The number of amides is 1. The fourth-order valence-electron chi connectivity index (χ4n) is 4.12. The zero-order valence-corrected chi connectivity index (χ0v) is 21.3. The molecule has 36 heavy (non-hydrogen) atoms. The van der Waals surface area contributed by atoms with Crippen molar-refractivity contribution in [3.8, 4) is 11.1 Å². The molecule has 0 bridgehead atoms. The number of hydrogen-bond donors (Lipinski definition) is 2. The zero-order chi connectivity index (χ0) is 26.0. The summed E-state index contributed by atoms with van der Waals surface area (Å²) in [5.41, 5.74) is 3.48. The average Bonchev–Trinajstić information content (AvgIpc) is 2.82. The first-order valence-electron chi connectivity index (χ1n) is 11.5. The minimum Gasteiger partial charge on any atom is -0.479 e. The molecule has 0 aliphatic heterocycles. The van der Waals surface area contributed by atoms with Crippen molar-refractivity contribution in [2.75, 3.05) is 5.32 Å². The van der Waals surface area contributed by atoms with Gasteiger partial charge in [0.2, 0.25) is 0 Å². The normalized spacial score (nSPS) is 12.4. The Bertz CT molecular complexity index is 1430. The van der Waals surface area contributed by atoms with Gasteiger partial charge in [-0.3, -0.25) is 4.79 Å². The SMILES string of the molecule is Cc1cc2nc(C(=O)Nc3ccccc3)ccc2c(-c2ccc(Cl)cc2)c1C(OC(C)(C)C)C(=O)O. The summed E-state index contributed by atoms with van der Waals surface area (Å²) in [5.74, 6) is -1.42. The number of aliphatic carboxylic acids is 1. The van der Waals surface area contributed by atoms with Gasteiger partial charge in [0.1, 0.15) is 5.69 Å². The molecule has 1 unspecified atom stereocenters. The van der Waals surface area contributed by atoms with Crippen molar-refractivity contribution in [1.29, 1.82) is 0 Å². The van der Waals surface area contributed by atoms with Gasteiger partial charge >= 0.3 is 5.97 Å². The third-order valence-electron chi connectivity index (χ3n) is 5.60. The highest BCUT2D eigenvalue weighted by atomic mass is 35.5. The Hall–Kier alpha value is -3.74. The van der Waals surface area contributed by atoms with Gasteiger partial charge in [-0.05, 0) is 86.8 Å². The quantitative estimate of drug-likeness (QED) is 0.294. The molecule has 0 fully saturated rings. The van der Waals surface area contributed by atoms with E-state index in [1.165, 1.54) is 0 Å². The van der Waals surface area contributed by atoms with Gasteiger partial charge in [-0.15, -0.1) is 0 Å². The Morgan fingerprint density at radius 2 is 1.67 bits per heavy atom. The monoisotopic (exact) mass is 502 g/mol. The molecule has 3 aromatic carbocycles. The van der Waals surface area contributed by atoms with E-state index >= 15 is 0 Å². The first-order chi connectivity index (χ1) is 17.0. The number of ether oxygens (including phenoxy) is 1. The lowest BCUT2D eigenvalue weighted by Gasteiger charge is -2.28. The second-order valence-corrected chi connectivity index (χ2v) is 9.96. The van der Waals surface area contributed by atoms with Crippen LogP contribution in [-0.2, 0) is 9.53 Å². The highest BCUT2D eigenvalue weighted by Crippen LogP contribution is 2.40. The van der Waals surface area contributed by atoms with Gasteiger partial charge in [0.25, 0.3) is 5.91 Å². The first kappa shape index (κ1) is 25.4. The number of carboxylic acid groups (broad SMARTS) is 1. The zero-order valence-electron chi connectivity index (χ0n) is 20.5. The molecule has 184 valence electrons. The molecule has 0 aliphatic rings.